The lowest BCUT2D eigenvalue weighted by atomic mass is 10.1. The van der Waals surface area contributed by atoms with Gasteiger partial charge in [-0.2, -0.15) is 0 Å². The van der Waals surface area contributed by atoms with Crippen molar-refractivity contribution < 1.29 is 4.42 Å². The lowest BCUT2D eigenvalue weighted by Crippen LogP contribution is -1.99. The third kappa shape index (κ3) is 1.60. The Hall–Kier alpha value is -0.740. The average Bonchev–Trinajstić information content (AvgIpc) is 2.07. The van der Waals surface area contributed by atoms with Crippen molar-refractivity contribution in [1.82, 2.24) is 0 Å². The maximum absolute atomic E-state index is 11.6. The number of rotatable bonds is 0. The normalized spacial score (nSPS) is 10.8. The van der Waals surface area contributed by atoms with Gasteiger partial charge in [-0.3, -0.25) is 4.79 Å². The first kappa shape index (κ1) is 9.80. The monoisotopic (exact) mass is 270 g/mol. The molecule has 1 aromatic heterocycles. The summed E-state index contributed by atoms with van der Waals surface area (Å²) < 4.78 is 6.12. The fraction of sp³-hybridized carbons (Fsp3) is 0.100. The zero-order chi connectivity index (χ0) is 10.3. The van der Waals surface area contributed by atoms with Crippen molar-refractivity contribution in [2.75, 3.05) is 0 Å². The van der Waals surface area contributed by atoms with E-state index in [0.717, 1.165) is 10.0 Å². The van der Waals surface area contributed by atoms with Gasteiger partial charge in [0.15, 0.2) is 16.1 Å². The number of hydrogen-bond acceptors (Lipinski definition) is 3. The van der Waals surface area contributed by atoms with Crippen LogP contribution in [0.25, 0.3) is 11.0 Å². The van der Waals surface area contributed by atoms with Gasteiger partial charge in [-0.25, -0.2) is 0 Å². The Morgan fingerprint density at radius 2 is 2.07 bits per heavy atom. The highest BCUT2D eigenvalue weighted by Gasteiger charge is 2.06. The molecule has 0 fully saturated rings. The van der Waals surface area contributed by atoms with E-state index < -0.39 is 0 Å². The highest BCUT2D eigenvalue weighted by atomic mass is 79.9. The van der Waals surface area contributed by atoms with Crippen molar-refractivity contribution in [3.05, 3.63) is 38.5 Å². The van der Waals surface area contributed by atoms with Gasteiger partial charge in [-0.15, -0.1) is 12.6 Å². The zero-order valence-electron chi connectivity index (χ0n) is 7.37. The van der Waals surface area contributed by atoms with Gasteiger partial charge in [0.2, 0.25) is 0 Å². The molecule has 2 aromatic rings. The second-order valence-corrected chi connectivity index (χ2v) is 4.37. The van der Waals surface area contributed by atoms with E-state index in [-0.39, 0.29) is 5.43 Å². The van der Waals surface area contributed by atoms with Crippen LogP contribution in [0.2, 0.25) is 0 Å². The van der Waals surface area contributed by atoms with Gasteiger partial charge in [0.1, 0.15) is 0 Å². The van der Waals surface area contributed by atoms with Crippen LogP contribution in [0, 0.1) is 6.92 Å². The van der Waals surface area contributed by atoms with Crippen LogP contribution in [0.15, 0.2) is 37.0 Å². The summed E-state index contributed by atoms with van der Waals surface area (Å²) in [4.78, 5) is 11.6. The highest BCUT2D eigenvalue weighted by Crippen LogP contribution is 2.25. The molecule has 1 heterocycles. The minimum absolute atomic E-state index is 0.0688. The molecular weight excluding hydrogens is 264 g/mol. The Balaban J connectivity index is 3.02. The summed E-state index contributed by atoms with van der Waals surface area (Å²) in [6, 6.07) is 5.08. The molecule has 0 aliphatic rings. The van der Waals surface area contributed by atoms with E-state index >= 15 is 0 Å². The van der Waals surface area contributed by atoms with Crippen LogP contribution in [0.1, 0.15) is 5.56 Å². The third-order valence-corrected chi connectivity index (χ3v) is 2.72. The van der Waals surface area contributed by atoms with Crippen molar-refractivity contribution >= 4 is 39.5 Å². The number of halogens is 1. The van der Waals surface area contributed by atoms with Crippen LogP contribution in [0.5, 0.6) is 0 Å². The summed E-state index contributed by atoms with van der Waals surface area (Å²) in [5, 5.41) is 0.904. The maximum Gasteiger partial charge on any atom is 0.193 e. The molecule has 0 aliphatic carbocycles. The predicted octanol–water partition coefficient (Wildman–Crippen LogP) is 3.15. The topological polar surface area (TPSA) is 30.2 Å². The molecule has 2 rings (SSSR count). The zero-order valence-corrected chi connectivity index (χ0v) is 9.85. The van der Waals surface area contributed by atoms with E-state index in [1.165, 1.54) is 6.07 Å². The van der Waals surface area contributed by atoms with E-state index in [9.17, 15) is 4.79 Å². The highest BCUT2D eigenvalue weighted by molar-refractivity contribution is 9.10. The number of fused-ring (bicyclic) bond motifs is 1. The molecule has 0 saturated heterocycles. The van der Waals surface area contributed by atoms with Crippen molar-refractivity contribution in [1.29, 1.82) is 0 Å². The van der Waals surface area contributed by atoms with Crippen molar-refractivity contribution in [3.8, 4) is 0 Å². The minimum atomic E-state index is -0.0688. The Morgan fingerprint density at radius 3 is 2.79 bits per heavy atom. The quantitative estimate of drug-likeness (QED) is 0.746. The van der Waals surface area contributed by atoms with Crippen molar-refractivity contribution in [3.63, 3.8) is 0 Å². The van der Waals surface area contributed by atoms with Gasteiger partial charge in [-0.1, -0.05) is 0 Å². The molecule has 0 saturated carbocycles. The molecule has 0 aliphatic heterocycles. The smallest absolute Gasteiger partial charge is 0.193 e. The first-order valence-corrected chi connectivity index (χ1v) is 5.25. The van der Waals surface area contributed by atoms with Crippen LogP contribution in [0.3, 0.4) is 0 Å². The molecule has 0 atom stereocenters. The Labute approximate surface area is 94.5 Å². The molecule has 0 spiro atoms. The summed E-state index contributed by atoms with van der Waals surface area (Å²) in [5.74, 6) is 0. The van der Waals surface area contributed by atoms with Gasteiger partial charge in [0.05, 0.1) is 9.86 Å². The van der Waals surface area contributed by atoms with Crippen LogP contribution < -0.4 is 5.43 Å². The molecule has 14 heavy (non-hydrogen) atoms. The second-order valence-electron chi connectivity index (χ2n) is 3.07. The largest absolute Gasteiger partial charge is 0.449 e. The molecule has 0 unspecified atom stereocenters. The van der Waals surface area contributed by atoms with Gasteiger partial charge in [0.25, 0.3) is 0 Å². The molecule has 0 radical (unpaired) electrons. The van der Waals surface area contributed by atoms with E-state index in [1.54, 1.807) is 6.07 Å². The van der Waals surface area contributed by atoms with Crippen molar-refractivity contribution in [2.45, 2.75) is 12.0 Å². The summed E-state index contributed by atoms with van der Waals surface area (Å²) in [5.41, 5.74) is 1.50. The number of hydrogen-bond donors (Lipinski definition) is 1. The van der Waals surface area contributed by atoms with Crippen LogP contribution >= 0.6 is 28.6 Å². The molecule has 0 bridgehead atoms. The number of thiol groups is 1. The molecule has 72 valence electrons. The third-order valence-electron chi connectivity index (χ3n) is 1.91. The van der Waals surface area contributed by atoms with Gasteiger partial charge in [0, 0.05) is 6.07 Å². The SMILES string of the molecule is Cc1cc(Br)c2oc(S)cc(=O)c2c1. The second kappa shape index (κ2) is 3.44. The standard InChI is InChI=1S/C10H7BrO2S/c1-5-2-6-8(12)4-9(14)13-10(6)7(11)3-5/h2-4,14H,1H3. The summed E-state index contributed by atoms with van der Waals surface area (Å²) in [7, 11) is 0. The Kier molecular flexibility index (Phi) is 2.41. The predicted molar refractivity (Wildman–Crippen MR) is 62.2 cm³/mol. The number of benzene rings is 1. The van der Waals surface area contributed by atoms with Gasteiger partial charge < -0.3 is 4.42 Å². The summed E-state index contributed by atoms with van der Waals surface area (Å²) in [6.45, 7) is 1.93. The average molecular weight is 271 g/mol. The van der Waals surface area contributed by atoms with Crippen LogP contribution in [-0.2, 0) is 0 Å². The lowest BCUT2D eigenvalue weighted by Gasteiger charge is -2.01. The Morgan fingerprint density at radius 1 is 1.36 bits per heavy atom. The number of aryl methyl sites for hydroxylation is 1. The maximum atomic E-state index is 11.6. The lowest BCUT2D eigenvalue weighted by molar-refractivity contribution is 0.500. The first-order chi connectivity index (χ1) is 6.58. The van der Waals surface area contributed by atoms with E-state index in [0.29, 0.717) is 16.1 Å². The summed E-state index contributed by atoms with van der Waals surface area (Å²) in [6.07, 6.45) is 0. The molecule has 1 aromatic carbocycles. The van der Waals surface area contributed by atoms with E-state index in [1.807, 2.05) is 13.0 Å². The fourth-order valence-electron chi connectivity index (χ4n) is 1.34. The fourth-order valence-corrected chi connectivity index (χ4v) is 2.20. The van der Waals surface area contributed by atoms with Gasteiger partial charge in [-0.05, 0) is 40.5 Å². The minimum Gasteiger partial charge on any atom is -0.449 e. The molecule has 4 heteroatoms. The molecule has 0 amide bonds. The van der Waals surface area contributed by atoms with Crippen LogP contribution in [-0.4, -0.2) is 0 Å². The van der Waals surface area contributed by atoms with E-state index in [4.69, 9.17) is 4.42 Å². The van der Waals surface area contributed by atoms with E-state index in [2.05, 4.69) is 28.6 Å². The summed E-state index contributed by atoms with van der Waals surface area (Å²) >= 11 is 7.37. The van der Waals surface area contributed by atoms with Gasteiger partial charge >= 0.3 is 0 Å². The van der Waals surface area contributed by atoms with Crippen LogP contribution in [0.4, 0.5) is 0 Å². The molecular formula is C10H7BrO2S. The van der Waals surface area contributed by atoms with Crippen molar-refractivity contribution in [2.24, 2.45) is 0 Å². The first-order valence-electron chi connectivity index (χ1n) is 4.01. The Bertz CT molecular complexity index is 560. The molecule has 0 N–H and O–H groups in total. The molecule has 2 nitrogen and oxygen atoms in total.